The number of alkyl halides is 2. The number of dihydropyridines is 1. The summed E-state index contributed by atoms with van der Waals surface area (Å²) in [5.41, 5.74) is 5.00. The molecule has 3 heterocycles. The summed E-state index contributed by atoms with van der Waals surface area (Å²) >= 11 is 0. The van der Waals surface area contributed by atoms with E-state index < -0.39 is 12.0 Å². The molecule has 186 valence electrons. The number of aliphatic imine (C=N–C) groups is 1. The maximum absolute atomic E-state index is 14.1. The number of hydrogen-bond acceptors (Lipinski definition) is 4. The number of nitriles is 1. The van der Waals surface area contributed by atoms with Gasteiger partial charge in [0.1, 0.15) is 11.9 Å². The molecule has 0 bridgehead atoms. The highest BCUT2D eigenvalue weighted by atomic mass is 19.3. The number of allylic oxidation sites excluding steroid dienone is 2. The summed E-state index contributed by atoms with van der Waals surface area (Å²) in [6, 6.07) is 11.5. The van der Waals surface area contributed by atoms with Crippen LogP contribution in [0.5, 0.6) is 0 Å². The number of fused-ring (bicyclic) bond motifs is 1. The van der Waals surface area contributed by atoms with E-state index in [1.54, 1.807) is 13.1 Å². The van der Waals surface area contributed by atoms with Gasteiger partial charge in [0.15, 0.2) is 0 Å². The van der Waals surface area contributed by atoms with Crippen LogP contribution >= 0.6 is 0 Å². The van der Waals surface area contributed by atoms with Gasteiger partial charge in [0, 0.05) is 30.6 Å². The van der Waals surface area contributed by atoms with Crippen LogP contribution in [0.2, 0.25) is 0 Å². The molecule has 2 aromatic heterocycles. The van der Waals surface area contributed by atoms with Gasteiger partial charge in [-0.05, 0) is 63.1 Å². The smallest absolute Gasteiger partial charge is 0.281 e. The minimum atomic E-state index is -2.91. The molecule has 1 aliphatic heterocycles. The largest absolute Gasteiger partial charge is 0.308 e. The summed E-state index contributed by atoms with van der Waals surface area (Å²) in [7, 11) is 0. The molecule has 2 unspecified atom stereocenters. The molecule has 0 radical (unpaired) electrons. The average Bonchev–Trinajstić information content (AvgIpc) is 3.20. The van der Waals surface area contributed by atoms with Gasteiger partial charge in [0.2, 0.25) is 0 Å². The summed E-state index contributed by atoms with van der Waals surface area (Å²) < 4.78 is 30.2. The van der Waals surface area contributed by atoms with E-state index in [1.807, 2.05) is 54.0 Å². The van der Waals surface area contributed by atoms with E-state index in [0.29, 0.717) is 30.1 Å². The lowest BCUT2D eigenvalue weighted by Crippen LogP contribution is -2.43. The maximum atomic E-state index is 14.1. The van der Waals surface area contributed by atoms with Gasteiger partial charge in [0.25, 0.3) is 5.92 Å². The zero-order valence-corrected chi connectivity index (χ0v) is 21.1. The van der Waals surface area contributed by atoms with Crippen molar-refractivity contribution in [3.63, 3.8) is 0 Å². The van der Waals surface area contributed by atoms with E-state index in [0.717, 1.165) is 40.3 Å². The second-order valence-corrected chi connectivity index (χ2v) is 9.18. The van der Waals surface area contributed by atoms with Crippen LogP contribution < -0.4 is 5.32 Å². The minimum Gasteiger partial charge on any atom is -0.308 e. The van der Waals surface area contributed by atoms with Gasteiger partial charge in [-0.3, -0.25) is 9.56 Å². The fourth-order valence-corrected chi connectivity index (χ4v) is 4.56. The summed E-state index contributed by atoms with van der Waals surface area (Å²) in [6.45, 7) is 7.98. The van der Waals surface area contributed by atoms with E-state index in [2.05, 4.69) is 23.3 Å². The lowest BCUT2D eigenvalue weighted by Gasteiger charge is -2.24. The monoisotopic (exact) mass is 487 g/mol. The first-order valence-electron chi connectivity index (χ1n) is 12.3. The quantitative estimate of drug-likeness (QED) is 0.400. The fourth-order valence-electron chi connectivity index (χ4n) is 4.56. The molecule has 0 aliphatic carbocycles. The third-order valence-electron chi connectivity index (χ3n) is 6.61. The van der Waals surface area contributed by atoms with Crippen LogP contribution in [0.15, 0.2) is 65.8 Å². The van der Waals surface area contributed by atoms with Crippen LogP contribution in [-0.4, -0.2) is 40.3 Å². The Hall–Kier alpha value is -3.63. The van der Waals surface area contributed by atoms with Gasteiger partial charge in [-0.2, -0.15) is 5.26 Å². The van der Waals surface area contributed by atoms with Crippen molar-refractivity contribution >= 4 is 16.6 Å². The van der Waals surface area contributed by atoms with Crippen LogP contribution in [0.4, 0.5) is 8.78 Å². The summed E-state index contributed by atoms with van der Waals surface area (Å²) in [5.74, 6) is -2.16. The molecule has 2 atom stereocenters. The Labute approximate surface area is 210 Å². The second kappa shape index (κ2) is 10.5. The van der Waals surface area contributed by atoms with E-state index >= 15 is 0 Å². The van der Waals surface area contributed by atoms with Gasteiger partial charge in [-0.15, -0.1) is 0 Å². The number of nitrogens with one attached hydrogen (secondary N) is 1. The molecule has 0 saturated heterocycles. The standard InChI is InChI=1S/C29H31F2N5/c1-5-13-29(30,31)20(4)34-17-21-10-11-25(35-18-21)27-24(16-32)23-15-19(3)9-12-26(23)36(27)28-22(6-2)8-7-14-33-28/h5,7-15,20-21,34H,6,17-18H2,1-4H3. The molecule has 36 heavy (non-hydrogen) atoms. The van der Waals surface area contributed by atoms with E-state index in [1.165, 1.54) is 13.0 Å². The van der Waals surface area contributed by atoms with Crippen LogP contribution in [0.1, 0.15) is 43.2 Å². The molecule has 0 spiro atoms. The number of aromatic nitrogens is 2. The highest BCUT2D eigenvalue weighted by Gasteiger charge is 2.33. The Balaban J connectivity index is 1.71. The highest BCUT2D eigenvalue weighted by molar-refractivity contribution is 6.14. The third kappa shape index (κ3) is 4.87. The zero-order valence-electron chi connectivity index (χ0n) is 21.1. The zero-order chi connectivity index (χ0) is 25.9. The van der Waals surface area contributed by atoms with Gasteiger partial charge >= 0.3 is 0 Å². The SMILES string of the molecule is CC=CC(F)(F)C(C)NCC1C=CC(c2c(C#N)c3cc(C)ccc3n2-c2ncccc2CC)=NC1. The molecule has 0 amide bonds. The van der Waals surface area contributed by atoms with Gasteiger partial charge in [-0.25, -0.2) is 13.8 Å². The normalized spacial score (nSPS) is 16.9. The Bertz CT molecular complexity index is 1390. The molecule has 1 aromatic carbocycles. The Morgan fingerprint density at radius 1 is 1.33 bits per heavy atom. The van der Waals surface area contributed by atoms with Crippen molar-refractivity contribution in [3.8, 4) is 11.9 Å². The molecule has 1 aliphatic rings. The third-order valence-corrected chi connectivity index (χ3v) is 6.61. The molecule has 1 N–H and O–H groups in total. The molecule has 0 fully saturated rings. The van der Waals surface area contributed by atoms with Gasteiger partial charge in [0.05, 0.1) is 28.5 Å². The predicted molar refractivity (Wildman–Crippen MR) is 141 cm³/mol. The number of nitrogens with zero attached hydrogens (tertiary/aromatic N) is 4. The number of rotatable bonds is 8. The van der Waals surface area contributed by atoms with E-state index in [-0.39, 0.29) is 5.92 Å². The fraction of sp³-hybridized carbons (Fsp3) is 0.345. The number of benzene rings is 1. The Morgan fingerprint density at radius 2 is 2.14 bits per heavy atom. The highest BCUT2D eigenvalue weighted by Crippen LogP contribution is 2.32. The molecule has 4 rings (SSSR count). The molecular weight excluding hydrogens is 456 g/mol. The number of pyridine rings is 1. The van der Waals surface area contributed by atoms with Crippen molar-refractivity contribution in [3.05, 3.63) is 83.2 Å². The Morgan fingerprint density at radius 3 is 2.81 bits per heavy atom. The predicted octanol–water partition coefficient (Wildman–Crippen LogP) is 5.93. The van der Waals surface area contributed by atoms with Crippen molar-refractivity contribution in [2.24, 2.45) is 10.9 Å². The van der Waals surface area contributed by atoms with Crippen molar-refractivity contribution in [1.82, 2.24) is 14.9 Å². The molecule has 3 aromatic rings. The summed E-state index contributed by atoms with van der Waals surface area (Å²) in [4.78, 5) is 9.50. The molecule has 0 saturated carbocycles. The first-order valence-corrected chi connectivity index (χ1v) is 12.3. The van der Waals surface area contributed by atoms with E-state index in [9.17, 15) is 14.0 Å². The molecule has 7 heteroatoms. The average molecular weight is 488 g/mol. The number of hydrogen-bond donors (Lipinski definition) is 1. The van der Waals surface area contributed by atoms with Crippen molar-refractivity contribution in [1.29, 1.82) is 5.26 Å². The van der Waals surface area contributed by atoms with Crippen molar-refractivity contribution < 1.29 is 8.78 Å². The van der Waals surface area contributed by atoms with Crippen LogP contribution in [0, 0.1) is 24.2 Å². The first-order chi connectivity index (χ1) is 17.3. The van der Waals surface area contributed by atoms with Crippen LogP contribution in [-0.2, 0) is 6.42 Å². The Kier molecular flexibility index (Phi) is 7.46. The molecule has 5 nitrogen and oxygen atoms in total. The first kappa shape index (κ1) is 25.5. The summed E-state index contributed by atoms with van der Waals surface area (Å²) in [5, 5.41) is 14.0. The molecular formula is C29H31F2N5. The lowest BCUT2D eigenvalue weighted by molar-refractivity contribution is 0.0181. The van der Waals surface area contributed by atoms with Crippen LogP contribution in [0.25, 0.3) is 16.7 Å². The number of halogens is 2. The topological polar surface area (TPSA) is 66.0 Å². The maximum Gasteiger partial charge on any atom is 0.281 e. The van der Waals surface area contributed by atoms with Gasteiger partial charge < -0.3 is 5.32 Å². The minimum absolute atomic E-state index is 0.0238. The van der Waals surface area contributed by atoms with Crippen molar-refractivity contribution in [2.75, 3.05) is 13.1 Å². The lowest BCUT2D eigenvalue weighted by atomic mass is 10.0. The van der Waals surface area contributed by atoms with Crippen LogP contribution in [0.3, 0.4) is 0 Å². The number of aryl methyl sites for hydroxylation is 2. The second-order valence-electron chi connectivity index (χ2n) is 9.18. The summed E-state index contributed by atoms with van der Waals surface area (Å²) in [6.07, 6.45) is 8.73. The van der Waals surface area contributed by atoms with Crippen molar-refractivity contribution in [2.45, 2.75) is 46.1 Å². The van der Waals surface area contributed by atoms with Gasteiger partial charge in [-0.1, -0.05) is 36.8 Å². The van der Waals surface area contributed by atoms with E-state index in [4.69, 9.17) is 4.99 Å².